The smallest absolute Gasteiger partial charge is 0.337 e. The van der Waals surface area contributed by atoms with Crippen LogP contribution in [0.25, 0.3) is 21.9 Å². The minimum absolute atomic E-state index is 0.344. The Morgan fingerprint density at radius 2 is 2.18 bits per heavy atom. The van der Waals surface area contributed by atoms with Gasteiger partial charge in [0.25, 0.3) is 0 Å². The highest BCUT2D eigenvalue weighted by molar-refractivity contribution is 6.08. The van der Waals surface area contributed by atoms with Crippen molar-refractivity contribution in [1.82, 2.24) is 15.2 Å². The van der Waals surface area contributed by atoms with Crippen LogP contribution in [0.4, 0.5) is 0 Å². The van der Waals surface area contributed by atoms with Crippen LogP contribution < -0.4 is 0 Å². The molecule has 0 aliphatic rings. The molecule has 0 amide bonds. The molecule has 5 heteroatoms. The summed E-state index contributed by atoms with van der Waals surface area (Å²) in [5.41, 5.74) is 2.16. The van der Waals surface area contributed by atoms with Gasteiger partial charge in [0.1, 0.15) is 0 Å². The fourth-order valence-corrected chi connectivity index (χ4v) is 1.89. The minimum Gasteiger partial charge on any atom is -0.465 e. The van der Waals surface area contributed by atoms with Gasteiger partial charge in [-0.05, 0) is 24.3 Å². The molecule has 1 aromatic carbocycles. The number of aromatic amines is 1. The molecule has 3 rings (SSSR count). The summed E-state index contributed by atoms with van der Waals surface area (Å²) >= 11 is 0. The highest BCUT2D eigenvalue weighted by Gasteiger charge is 2.09. The minimum atomic E-state index is -0.344. The number of rotatable bonds is 1. The number of carbonyl (C=O) groups excluding carboxylic acids is 1. The van der Waals surface area contributed by atoms with E-state index in [1.165, 1.54) is 7.11 Å². The fraction of sp³-hybridized carbons (Fsp3) is 0.0833. The molecule has 5 nitrogen and oxygen atoms in total. The molecule has 2 aromatic heterocycles. The van der Waals surface area contributed by atoms with Gasteiger partial charge in [-0.3, -0.25) is 0 Å². The molecule has 3 aromatic rings. The van der Waals surface area contributed by atoms with Gasteiger partial charge in [0.05, 0.1) is 18.9 Å². The highest BCUT2D eigenvalue weighted by atomic mass is 16.5. The van der Waals surface area contributed by atoms with Gasteiger partial charge in [-0.2, -0.15) is 5.10 Å². The van der Waals surface area contributed by atoms with Crippen LogP contribution in [0.3, 0.4) is 0 Å². The molecule has 0 aliphatic heterocycles. The second-order valence-corrected chi connectivity index (χ2v) is 3.67. The number of hydrogen-bond acceptors (Lipinski definition) is 4. The first kappa shape index (κ1) is 9.77. The van der Waals surface area contributed by atoms with Gasteiger partial charge in [0.2, 0.25) is 0 Å². The molecule has 17 heavy (non-hydrogen) atoms. The molecule has 1 N–H and O–H groups in total. The molecule has 0 saturated carbocycles. The summed E-state index contributed by atoms with van der Waals surface area (Å²) in [7, 11) is 1.37. The Kier molecular flexibility index (Phi) is 2.04. The summed E-state index contributed by atoms with van der Waals surface area (Å²) in [5, 5.41) is 9.69. The number of nitrogens with one attached hydrogen (secondary N) is 1. The van der Waals surface area contributed by atoms with E-state index in [-0.39, 0.29) is 5.97 Å². The number of esters is 1. The lowest BCUT2D eigenvalue weighted by atomic mass is 10.1. The van der Waals surface area contributed by atoms with Crippen LogP contribution in [0.1, 0.15) is 10.4 Å². The summed E-state index contributed by atoms with van der Waals surface area (Å²) < 4.78 is 4.70. The zero-order valence-corrected chi connectivity index (χ0v) is 9.10. The summed E-state index contributed by atoms with van der Waals surface area (Å²) in [6.45, 7) is 0. The third-order valence-electron chi connectivity index (χ3n) is 2.70. The Hall–Kier alpha value is -2.43. The topological polar surface area (TPSA) is 67.9 Å². The van der Waals surface area contributed by atoms with Crippen molar-refractivity contribution in [2.45, 2.75) is 0 Å². The Morgan fingerprint density at radius 3 is 3.00 bits per heavy atom. The maximum atomic E-state index is 11.5. The van der Waals surface area contributed by atoms with Crippen molar-refractivity contribution >= 4 is 27.9 Å². The lowest BCUT2D eigenvalue weighted by Crippen LogP contribution is -2.00. The van der Waals surface area contributed by atoms with E-state index in [0.29, 0.717) is 11.2 Å². The largest absolute Gasteiger partial charge is 0.465 e. The van der Waals surface area contributed by atoms with Crippen LogP contribution >= 0.6 is 0 Å². The van der Waals surface area contributed by atoms with E-state index in [1.54, 1.807) is 18.3 Å². The monoisotopic (exact) mass is 227 g/mol. The number of benzene rings is 1. The van der Waals surface area contributed by atoms with Gasteiger partial charge < -0.3 is 9.72 Å². The molecule has 0 saturated heterocycles. The Bertz CT molecular complexity index is 718. The first-order chi connectivity index (χ1) is 8.29. The van der Waals surface area contributed by atoms with Gasteiger partial charge in [-0.15, -0.1) is 5.10 Å². The van der Waals surface area contributed by atoms with E-state index in [0.717, 1.165) is 16.3 Å². The predicted octanol–water partition coefficient (Wildman–Crippen LogP) is 1.90. The number of fused-ring (bicyclic) bond motifs is 3. The van der Waals surface area contributed by atoms with E-state index in [1.807, 2.05) is 12.1 Å². The lowest BCUT2D eigenvalue weighted by Gasteiger charge is -1.98. The van der Waals surface area contributed by atoms with Gasteiger partial charge in [-0.25, -0.2) is 4.79 Å². The van der Waals surface area contributed by atoms with Crippen LogP contribution in [-0.4, -0.2) is 28.3 Å². The van der Waals surface area contributed by atoms with E-state index >= 15 is 0 Å². The second-order valence-electron chi connectivity index (χ2n) is 3.67. The van der Waals surface area contributed by atoms with Gasteiger partial charge in [0.15, 0.2) is 5.65 Å². The van der Waals surface area contributed by atoms with Gasteiger partial charge >= 0.3 is 5.97 Å². The van der Waals surface area contributed by atoms with E-state index < -0.39 is 0 Å². The number of hydrogen-bond donors (Lipinski definition) is 1. The van der Waals surface area contributed by atoms with Crippen LogP contribution in [0, 0.1) is 0 Å². The molecular formula is C12H9N3O2. The van der Waals surface area contributed by atoms with Crippen LogP contribution in [0.15, 0.2) is 30.5 Å². The average molecular weight is 227 g/mol. The molecule has 0 aliphatic carbocycles. The number of H-pyrrole nitrogens is 1. The standard InChI is InChI=1S/C12H9N3O2/c1-17-12(16)7-2-3-10-9(6-7)8-4-5-13-15-11(8)14-10/h2-6H,1H3,(H,14,15). The predicted molar refractivity (Wildman–Crippen MR) is 62.7 cm³/mol. The summed E-state index contributed by atoms with van der Waals surface area (Å²) in [6.07, 6.45) is 1.63. The maximum Gasteiger partial charge on any atom is 0.337 e. The number of ether oxygens (including phenoxy) is 1. The third-order valence-corrected chi connectivity index (χ3v) is 2.70. The first-order valence-corrected chi connectivity index (χ1v) is 5.11. The zero-order chi connectivity index (χ0) is 11.8. The van der Waals surface area contributed by atoms with Crippen molar-refractivity contribution in [2.24, 2.45) is 0 Å². The number of nitrogens with zero attached hydrogens (tertiary/aromatic N) is 2. The highest BCUT2D eigenvalue weighted by Crippen LogP contribution is 2.24. The van der Waals surface area contributed by atoms with E-state index in [9.17, 15) is 4.79 Å². The van der Waals surface area contributed by atoms with Crippen LogP contribution in [0.5, 0.6) is 0 Å². The summed E-state index contributed by atoms with van der Waals surface area (Å²) in [6, 6.07) is 7.21. The average Bonchev–Trinajstić information content (AvgIpc) is 2.75. The Labute approximate surface area is 96.4 Å². The molecule has 84 valence electrons. The third kappa shape index (κ3) is 1.44. The zero-order valence-electron chi connectivity index (χ0n) is 9.10. The lowest BCUT2D eigenvalue weighted by molar-refractivity contribution is 0.0601. The SMILES string of the molecule is COC(=O)c1ccc2[nH]c3nnccc3c2c1. The fourth-order valence-electron chi connectivity index (χ4n) is 1.89. The quantitative estimate of drug-likeness (QED) is 0.644. The van der Waals surface area contributed by atoms with Crippen molar-refractivity contribution in [3.8, 4) is 0 Å². The Balaban J connectivity index is 2.33. The molecule has 0 bridgehead atoms. The molecule has 0 atom stereocenters. The molecule has 2 heterocycles. The van der Waals surface area contributed by atoms with Gasteiger partial charge in [0, 0.05) is 16.3 Å². The second kappa shape index (κ2) is 3.55. The van der Waals surface area contributed by atoms with Crippen molar-refractivity contribution in [3.63, 3.8) is 0 Å². The number of methoxy groups -OCH3 is 1. The van der Waals surface area contributed by atoms with Crippen LogP contribution in [-0.2, 0) is 4.74 Å². The van der Waals surface area contributed by atoms with Gasteiger partial charge in [-0.1, -0.05) is 0 Å². The molecule has 0 radical (unpaired) electrons. The normalized spacial score (nSPS) is 10.9. The number of aromatic nitrogens is 3. The van der Waals surface area contributed by atoms with E-state index in [4.69, 9.17) is 4.74 Å². The molecule has 0 spiro atoms. The van der Waals surface area contributed by atoms with Crippen molar-refractivity contribution in [2.75, 3.05) is 7.11 Å². The van der Waals surface area contributed by atoms with Crippen molar-refractivity contribution in [1.29, 1.82) is 0 Å². The van der Waals surface area contributed by atoms with Crippen molar-refractivity contribution < 1.29 is 9.53 Å². The molecular weight excluding hydrogens is 218 g/mol. The summed E-state index contributed by atoms with van der Waals surface area (Å²) in [4.78, 5) is 14.6. The maximum absolute atomic E-state index is 11.5. The first-order valence-electron chi connectivity index (χ1n) is 5.11. The number of carbonyl (C=O) groups is 1. The van der Waals surface area contributed by atoms with E-state index in [2.05, 4.69) is 15.2 Å². The summed E-state index contributed by atoms with van der Waals surface area (Å²) in [5.74, 6) is -0.344. The molecule has 0 fully saturated rings. The van der Waals surface area contributed by atoms with Crippen molar-refractivity contribution in [3.05, 3.63) is 36.0 Å². The molecule has 0 unspecified atom stereocenters. The Morgan fingerprint density at radius 1 is 1.29 bits per heavy atom. The van der Waals surface area contributed by atoms with Crippen LogP contribution in [0.2, 0.25) is 0 Å².